The molecule has 2 unspecified atom stereocenters. The van der Waals surface area contributed by atoms with Crippen LogP contribution in [0.1, 0.15) is 32.6 Å². The Balaban J connectivity index is 2.03. The average molecular weight is 226 g/mol. The van der Waals surface area contributed by atoms with Crippen LogP contribution in [0.25, 0.3) is 0 Å². The predicted molar refractivity (Wildman–Crippen MR) is 64.1 cm³/mol. The Morgan fingerprint density at radius 2 is 2.13 bits per heavy atom. The first-order valence-corrected chi connectivity index (χ1v) is 6.64. The van der Waals surface area contributed by atoms with Crippen molar-refractivity contribution in [3.05, 3.63) is 0 Å². The molecule has 3 nitrogen and oxygen atoms in total. The van der Waals surface area contributed by atoms with Crippen LogP contribution in [-0.2, 0) is 4.79 Å². The molecule has 0 radical (unpaired) electrons. The smallest absolute Gasteiger partial charge is 0.258 e. The van der Waals surface area contributed by atoms with Crippen LogP contribution in [0.5, 0.6) is 0 Å². The predicted octanol–water partition coefficient (Wildman–Crippen LogP) is 2.13. The number of amides is 1. The minimum Gasteiger partial charge on any atom is -0.351 e. The third kappa shape index (κ3) is 2.36. The van der Waals surface area contributed by atoms with Gasteiger partial charge in [-0.05, 0) is 18.8 Å². The summed E-state index contributed by atoms with van der Waals surface area (Å²) >= 11 is 1.58. The van der Waals surface area contributed by atoms with Gasteiger partial charge in [0.2, 0.25) is 0 Å². The molecule has 1 aliphatic carbocycles. The quantitative estimate of drug-likeness (QED) is 0.686. The Kier molecular flexibility index (Phi) is 3.34. The minimum atomic E-state index is 0.0188. The van der Waals surface area contributed by atoms with Crippen molar-refractivity contribution in [3.8, 4) is 0 Å². The maximum Gasteiger partial charge on any atom is 0.258 e. The molecule has 0 N–H and O–H groups in total. The molecule has 0 bridgehead atoms. The first-order chi connectivity index (χ1) is 7.18. The Labute approximate surface area is 95.3 Å². The van der Waals surface area contributed by atoms with Gasteiger partial charge in [-0.3, -0.25) is 4.79 Å². The van der Waals surface area contributed by atoms with E-state index >= 15 is 0 Å². The fourth-order valence-corrected chi connectivity index (χ4v) is 3.31. The lowest BCUT2D eigenvalue weighted by molar-refractivity contribution is -0.115. The largest absolute Gasteiger partial charge is 0.351 e. The Hall–Kier alpha value is -0.510. The normalized spacial score (nSPS) is 31.6. The highest BCUT2D eigenvalue weighted by atomic mass is 32.2. The SMILES string of the molecule is CC1CCCCC1N(C)C1=NC(=O)CS1. The summed E-state index contributed by atoms with van der Waals surface area (Å²) in [7, 11) is 2.08. The fourth-order valence-electron chi connectivity index (χ4n) is 2.49. The summed E-state index contributed by atoms with van der Waals surface area (Å²) in [4.78, 5) is 17.4. The molecule has 0 saturated heterocycles. The number of thioether (sulfide) groups is 1. The van der Waals surface area contributed by atoms with Crippen LogP contribution < -0.4 is 0 Å². The van der Waals surface area contributed by atoms with Crippen molar-refractivity contribution in [2.75, 3.05) is 12.8 Å². The topological polar surface area (TPSA) is 32.7 Å². The molecule has 2 atom stereocenters. The van der Waals surface area contributed by atoms with E-state index in [-0.39, 0.29) is 5.91 Å². The lowest BCUT2D eigenvalue weighted by Crippen LogP contribution is -2.41. The van der Waals surface area contributed by atoms with Crippen molar-refractivity contribution in [1.29, 1.82) is 0 Å². The summed E-state index contributed by atoms with van der Waals surface area (Å²) < 4.78 is 0. The van der Waals surface area contributed by atoms with Gasteiger partial charge in [0, 0.05) is 13.1 Å². The zero-order chi connectivity index (χ0) is 10.8. The maximum atomic E-state index is 11.1. The highest BCUT2D eigenvalue weighted by molar-refractivity contribution is 8.14. The molecule has 1 heterocycles. The molecule has 0 spiro atoms. The number of rotatable bonds is 1. The van der Waals surface area contributed by atoms with Gasteiger partial charge in [0.25, 0.3) is 5.91 Å². The van der Waals surface area contributed by atoms with Crippen LogP contribution in [-0.4, -0.2) is 34.8 Å². The second-order valence-corrected chi connectivity index (χ2v) is 5.46. The van der Waals surface area contributed by atoms with Crippen LogP contribution in [0.3, 0.4) is 0 Å². The second kappa shape index (κ2) is 4.56. The number of nitrogens with zero attached hydrogens (tertiary/aromatic N) is 2. The molecule has 15 heavy (non-hydrogen) atoms. The molecule has 4 heteroatoms. The number of hydrogen-bond acceptors (Lipinski definition) is 3. The summed E-state index contributed by atoms with van der Waals surface area (Å²) in [5.74, 6) is 1.27. The third-order valence-electron chi connectivity index (χ3n) is 3.41. The Morgan fingerprint density at radius 3 is 2.73 bits per heavy atom. The monoisotopic (exact) mass is 226 g/mol. The van der Waals surface area contributed by atoms with E-state index < -0.39 is 0 Å². The molecule has 2 rings (SSSR count). The van der Waals surface area contributed by atoms with Gasteiger partial charge in [-0.2, -0.15) is 4.99 Å². The van der Waals surface area contributed by atoms with E-state index in [0.717, 1.165) is 11.1 Å². The highest BCUT2D eigenvalue weighted by Gasteiger charge is 2.29. The zero-order valence-corrected chi connectivity index (χ0v) is 10.2. The van der Waals surface area contributed by atoms with Crippen LogP contribution >= 0.6 is 11.8 Å². The van der Waals surface area contributed by atoms with Crippen LogP contribution in [0.4, 0.5) is 0 Å². The van der Waals surface area contributed by atoms with Gasteiger partial charge in [-0.15, -0.1) is 0 Å². The highest BCUT2D eigenvalue weighted by Crippen LogP contribution is 2.30. The van der Waals surface area contributed by atoms with E-state index in [2.05, 4.69) is 23.9 Å². The molecule has 1 amide bonds. The van der Waals surface area contributed by atoms with Crippen molar-refractivity contribution in [2.24, 2.45) is 10.9 Å². The summed E-state index contributed by atoms with van der Waals surface area (Å²) in [5.41, 5.74) is 0. The molecular formula is C11H18N2OS. The Bertz CT molecular complexity index is 290. The molecule has 1 saturated carbocycles. The third-order valence-corrected chi connectivity index (χ3v) is 4.44. The molecule has 2 aliphatic rings. The van der Waals surface area contributed by atoms with Crippen molar-refractivity contribution < 1.29 is 4.79 Å². The summed E-state index contributed by atoms with van der Waals surface area (Å²) in [6, 6.07) is 0.580. The van der Waals surface area contributed by atoms with E-state index in [4.69, 9.17) is 0 Å². The first kappa shape index (κ1) is 11.0. The number of aliphatic imine (C=N–C) groups is 1. The van der Waals surface area contributed by atoms with Crippen LogP contribution in [0, 0.1) is 5.92 Å². The number of carbonyl (C=O) groups is 1. The van der Waals surface area contributed by atoms with E-state index in [1.807, 2.05) is 0 Å². The van der Waals surface area contributed by atoms with Crippen molar-refractivity contribution in [3.63, 3.8) is 0 Å². The number of carbonyl (C=O) groups excluding carboxylic acids is 1. The molecule has 1 aliphatic heterocycles. The molecule has 0 aromatic carbocycles. The number of hydrogen-bond donors (Lipinski definition) is 0. The first-order valence-electron chi connectivity index (χ1n) is 5.65. The molecule has 0 aromatic heterocycles. The lowest BCUT2D eigenvalue weighted by Gasteiger charge is -2.36. The summed E-state index contributed by atoms with van der Waals surface area (Å²) in [6.07, 6.45) is 5.21. The van der Waals surface area contributed by atoms with Gasteiger partial charge in [0.1, 0.15) is 0 Å². The van der Waals surface area contributed by atoms with E-state index in [9.17, 15) is 4.79 Å². The van der Waals surface area contributed by atoms with Gasteiger partial charge in [0.05, 0.1) is 5.75 Å². The average Bonchev–Trinajstić information content (AvgIpc) is 2.65. The van der Waals surface area contributed by atoms with Crippen molar-refractivity contribution >= 4 is 22.8 Å². The summed E-state index contributed by atoms with van der Waals surface area (Å²) in [5, 5.41) is 0.929. The van der Waals surface area contributed by atoms with Crippen LogP contribution in [0.2, 0.25) is 0 Å². The molecule has 84 valence electrons. The second-order valence-electron chi connectivity index (χ2n) is 4.52. The van der Waals surface area contributed by atoms with Crippen molar-refractivity contribution in [1.82, 2.24) is 4.90 Å². The van der Waals surface area contributed by atoms with Gasteiger partial charge < -0.3 is 4.90 Å². The van der Waals surface area contributed by atoms with E-state index in [1.54, 1.807) is 11.8 Å². The molecular weight excluding hydrogens is 208 g/mol. The summed E-state index contributed by atoms with van der Waals surface area (Å²) in [6.45, 7) is 2.31. The lowest BCUT2D eigenvalue weighted by atomic mass is 9.85. The van der Waals surface area contributed by atoms with Crippen LogP contribution in [0.15, 0.2) is 4.99 Å². The van der Waals surface area contributed by atoms with Gasteiger partial charge in [0.15, 0.2) is 5.17 Å². The zero-order valence-electron chi connectivity index (χ0n) is 9.40. The number of amidine groups is 1. The minimum absolute atomic E-state index is 0.0188. The molecule has 1 fully saturated rings. The Morgan fingerprint density at radius 1 is 1.40 bits per heavy atom. The maximum absolute atomic E-state index is 11.1. The van der Waals surface area contributed by atoms with Gasteiger partial charge in [-0.25, -0.2) is 0 Å². The van der Waals surface area contributed by atoms with Crippen molar-refractivity contribution in [2.45, 2.75) is 38.6 Å². The molecule has 0 aromatic rings. The van der Waals surface area contributed by atoms with E-state index in [0.29, 0.717) is 11.8 Å². The standard InChI is InChI=1S/C11H18N2OS/c1-8-5-3-4-6-9(8)13(2)11-12-10(14)7-15-11/h8-9H,3-7H2,1-2H3. The fraction of sp³-hybridized carbons (Fsp3) is 0.818. The van der Waals surface area contributed by atoms with Gasteiger partial charge >= 0.3 is 0 Å². The van der Waals surface area contributed by atoms with E-state index in [1.165, 1.54) is 25.7 Å². The van der Waals surface area contributed by atoms with Gasteiger partial charge in [-0.1, -0.05) is 31.5 Å².